The average molecular weight is 438 g/mol. The molecule has 3 aromatic carbocycles. The molecule has 1 unspecified atom stereocenters. The number of nitrogens with zero attached hydrogens (tertiary/aromatic N) is 1. The predicted octanol–water partition coefficient (Wildman–Crippen LogP) is 4.00. The Morgan fingerprint density at radius 2 is 1.77 bits per heavy atom. The third-order valence-corrected chi connectivity index (χ3v) is 7.53. The summed E-state index contributed by atoms with van der Waals surface area (Å²) in [7, 11) is -3.10. The van der Waals surface area contributed by atoms with Crippen LogP contribution in [0.15, 0.2) is 66.7 Å². The van der Waals surface area contributed by atoms with Crippen LogP contribution in [0.5, 0.6) is 5.75 Å². The predicted molar refractivity (Wildman–Crippen MR) is 123 cm³/mol. The molecule has 0 spiro atoms. The maximum absolute atomic E-state index is 13.4. The van der Waals surface area contributed by atoms with Gasteiger partial charge in [0.1, 0.15) is 5.75 Å². The molecule has 5 nitrogen and oxygen atoms in total. The van der Waals surface area contributed by atoms with E-state index in [1.807, 2.05) is 73.7 Å². The van der Waals surface area contributed by atoms with E-state index in [9.17, 15) is 13.2 Å². The minimum absolute atomic E-state index is 0.0330. The second kappa shape index (κ2) is 9.10. The van der Waals surface area contributed by atoms with Crippen LogP contribution in [0.2, 0.25) is 0 Å². The molecule has 0 bridgehead atoms. The smallest absolute Gasteiger partial charge is 0.227 e. The Bertz CT molecular complexity index is 1170. The van der Waals surface area contributed by atoms with E-state index in [1.165, 1.54) is 0 Å². The van der Waals surface area contributed by atoms with Crippen LogP contribution >= 0.6 is 0 Å². The van der Waals surface area contributed by atoms with E-state index < -0.39 is 9.84 Å². The summed E-state index contributed by atoms with van der Waals surface area (Å²) in [6.07, 6.45) is 0.732. The summed E-state index contributed by atoms with van der Waals surface area (Å²) >= 11 is 0. The number of rotatable bonds is 7. The maximum Gasteiger partial charge on any atom is 0.227 e. The molecule has 4 rings (SSSR count). The minimum Gasteiger partial charge on any atom is -0.494 e. The van der Waals surface area contributed by atoms with Crippen molar-refractivity contribution in [3.05, 3.63) is 77.9 Å². The first-order chi connectivity index (χ1) is 14.9. The summed E-state index contributed by atoms with van der Waals surface area (Å²) in [6.45, 7) is 2.91. The van der Waals surface area contributed by atoms with Gasteiger partial charge in [-0.25, -0.2) is 8.42 Å². The number of carbonyl (C=O) groups excluding carboxylic acids is 1. The van der Waals surface area contributed by atoms with Crippen molar-refractivity contribution in [2.24, 2.45) is 0 Å². The summed E-state index contributed by atoms with van der Waals surface area (Å²) in [4.78, 5) is 15.2. The average Bonchev–Trinajstić information content (AvgIpc) is 3.13. The zero-order valence-electron chi connectivity index (χ0n) is 17.7. The van der Waals surface area contributed by atoms with Crippen LogP contribution in [0.4, 0.5) is 0 Å². The highest BCUT2D eigenvalue weighted by molar-refractivity contribution is 7.91. The van der Waals surface area contributed by atoms with Crippen molar-refractivity contribution in [2.75, 3.05) is 18.1 Å². The maximum atomic E-state index is 13.4. The number of hydrogen-bond acceptors (Lipinski definition) is 4. The van der Waals surface area contributed by atoms with E-state index in [-0.39, 0.29) is 29.9 Å². The first-order valence-corrected chi connectivity index (χ1v) is 12.5. The van der Waals surface area contributed by atoms with Gasteiger partial charge in [0, 0.05) is 12.6 Å². The van der Waals surface area contributed by atoms with Crippen LogP contribution in [-0.2, 0) is 27.6 Å². The molecule has 0 saturated carbocycles. The molecule has 1 saturated heterocycles. The van der Waals surface area contributed by atoms with E-state index in [2.05, 4.69) is 0 Å². The molecule has 0 aliphatic carbocycles. The number of ether oxygens (including phenoxy) is 1. The van der Waals surface area contributed by atoms with Gasteiger partial charge in [-0.15, -0.1) is 0 Å². The summed E-state index contributed by atoms with van der Waals surface area (Å²) in [5, 5.41) is 2.15. The first kappa shape index (κ1) is 21.4. The Morgan fingerprint density at radius 3 is 2.48 bits per heavy atom. The lowest BCUT2D eigenvalue weighted by Gasteiger charge is -2.29. The van der Waals surface area contributed by atoms with Gasteiger partial charge in [-0.1, -0.05) is 54.6 Å². The Balaban J connectivity index is 1.59. The molecule has 1 fully saturated rings. The molecule has 162 valence electrons. The topological polar surface area (TPSA) is 63.7 Å². The van der Waals surface area contributed by atoms with Crippen LogP contribution in [-0.4, -0.2) is 43.4 Å². The highest BCUT2D eigenvalue weighted by Crippen LogP contribution is 2.24. The Morgan fingerprint density at radius 1 is 1.03 bits per heavy atom. The molecule has 6 heteroatoms. The third-order valence-electron chi connectivity index (χ3n) is 5.78. The zero-order valence-corrected chi connectivity index (χ0v) is 18.5. The van der Waals surface area contributed by atoms with Gasteiger partial charge in [-0.3, -0.25) is 4.79 Å². The van der Waals surface area contributed by atoms with Crippen LogP contribution in [0, 0.1) is 0 Å². The summed E-state index contributed by atoms with van der Waals surface area (Å²) in [6, 6.07) is 21.3. The van der Waals surface area contributed by atoms with Gasteiger partial charge in [0.15, 0.2) is 9.84 Å². The summed E-state index contributed by atoms with van der Waals surface area (Å²) < 4.78 is 29.7. The zero-order chi connectivity index (χ0) is 21.8. The molecular weight excluding hydrogens is 410 g/mol. The van der Waals surface area contributed by atoms with Gasteiger partial charge >= 0.3 is 0 Å². The molecule has 0 N–H and O–H groups in total. The normalized spacial score (nSPS) is 17.5. The van der Waals surface area contributed by atoms with Gasteiger partial charge in [-0.2, -0.15) is 0 Å². The summed E-state index contributed by atoms with van der Waals surface area (Å²) in [5.74, 6) is 0.903. The fraction of sp³-hybridized carbons (Fsp3) is 0.320. The Hall–Kier alpha value is -2.86. The lowest BCUT2D eigenvalue weighted by atomic mass is 10.0. The number of hydrogen-bond donors (Lipinski definition) is 0. The molecule has 31 heavy (non-hydrogen) atoms. The van der Waals surface area contributed by atoms with Crippen molar-refractivity contribution in [3.8, 4) is 5.75 Å². The fourth-order valence-corrected chi connectivity index (χ4v) is 5.94. The minimum atomic E-state index is -3.10. The van der Waals surface area contributed by atoms with Gasteiger partial charge in [-0.05, 0) is 47.4 Å². The number of benzene rings is 3. The quantitative estimate of drug-likeness (QED) is 0.561. The SMILES string of the molecule is CCOc1ccc(CN(C(=O)Cc2cccc3ccccc23)C2CCS(=O)(=O)C2)cc1. The highest BCUT2D eigenvalue weighted by Gasteiger charge is 2.34. The van der Waals surface area contributed by atoms with Gasteiger partial charge in [0.2, 0.25) is 5.91 Å². The Kier molecular flexibility index (Phi) is 6.28. The molecule has 3 aromatic rings. The van der Waals surface area contributed by atoms with E-state index in [0.717, 1.165) is 27.6 Å². The van der Waals surface area contributed by atoms with Gasteiger partial charge in [0.05, 0.1) is 24.5 Å². The molecule has 1 atom stereocenters. The third kappa shape index (κ3) is 5.07. The van der Waals surface area contributed by atoms with Gasteiger partial charge < -0.3 is 9.64 Å². The van der Waals surface area contributed by atoms with Crippen molar-refractivity contribution in [1.29, 1.82) is 0 Å². The van der Waals surface area contributed by atoms with Crippen molar-refractivity contribution in [2.45, 2.75) is 32.4 Å². The van der Waals surface area contributed by atoms with Gasteiger partial charge in [0.25, 0.3) is 0 Å². The number of fused-ring (bicyclic) bond motifs is 1. The Labute approximate surface area is 183 Å². The number of carbonyl (C=O) groups is 1. The second-order valence-electron chi connectivity index (χ2n) is 7.97. The molecular formula is C25H27NO4S. The fourth-order valence-electron chi connectivity index (χ4n) is 4.21. The monoisotopic (exact) mass is 437 g/mol. The number of amides is 1. The van der Waals surface area contributed by atoms with Crippen LogP contribution in [0.1, 0.15) is 24.5 Å². The van der Waals surface area contributed by atoms with Crippen molar-refractivity contribution >= 4 is 26.5 Å². The number of sulfone groups is 1. The molecule has 1 aliphatic rings. The lowest BCUT2D eigenvalue weighted by Crippen LogP contribution is -2.41. The van der Waals surface area contributed by atoms with Crippen LogP contribution in [0.25, 0.3) is 10.8 Å². The van der Waals surface area contributed by atoms with Crippen molar-refractivity contribution in [3.63, 3.8) is 0 Å². The van der Waals surface area contributed by atoms with Crippen LogP contribution < -0.4 is 4.74 Å². The molecule has 0 aromatic heterocycles. The van der Waals surface area contributed by atoms with E-state index >= 15 is 0 Å². The van der Waals surface area contributed by atoms with Crippen molar-refractivity contribution < 1.29 is 17.9 Å². The largest absolute Gasteiger partial charge is 0.494 e. The molecule has 1 aliphatic heterocycles. The second-order valence-corrected chi connectivity index (χ2v) is 10.2. The summed E-state index contributed by atoms with van der Waals surface area (Å²) in [5.41, 5.74) is 1.92. The van der Waals surface area contributed by atoms with Crippen molar-refractivity contribution in [1.82, 2.24) is 4.90 Å². The highest BCUT2D eigenvalue weighted by atomic mass is 32.2. The standard InChI is InChI=1S/C25H27NO4S/c1-2-30-23-12-10-19(11-13-23)17-26(22-14-15-31(28,29)18-22)25(27)16-21-8-5-7-20-6-3-4-9-24(20)21/h3-13,22H,2,14-18H2,1H3. The lowest BCUT2D eigenvalue weighted by molar-refractivity contribution is -0.133. The van der Waals surface area contributed by atoms with E-state index in [4.69, 9.17) is 4.74 Å². The van der Waals surface area contributed by atoms with E-state index in [0.29, 0.717) is 19.6 Å². The van der Waals surface area contributed by atoms with E-state index in [1.54, 1.807) is 4.90 Å². The molecule has 1 amide bonds. The first-order valence-electron chi connectivity index (χ1n) is 10.6. The molecule has 1 heterocycles. The molecule has 0 radical (unpaired) electrons. The van der Waals surface area contributed by atoms with Crippen LogP contribution in [0.3, 0.4) is 0 Å².